The highest BCUT2D eigenvalue weighted by atomic mass is 19.1. The quantitative estimate of drug-likeness (QED) is 0.657. The van der Waals surface area contributed by atoms with Gasteiger partial charge in [0.25, 0.3) is 0 Å². The molecule has 3 aromatic rings. The Kier molecular flexibility index (Phi) is 6.08. The van der Waals surface area contributed by atoms with Crippen LogP contribution in [0.15, 0.2) is 48.5 Å². The molecule has 1 aliphatic rings. The van der Waals surface area contributed by atoms with Crippen LogP contribution in [0.2, 0.25) is 0 Å². The number of fused-ring (bicyclic) bond motifs is 1. The Hall–Kier alpha value is -2.17. The highest BCUT2D eigenvalue weighted by Crippen LogP contribution is 2.24. The number of piperazine rings is 1. The first-order valence-corrected chi connectivity index (χ1v) is 10.4. The largest absolute Gasteiger partial charge is 0.358 e. The summed E-state index contributed by atoms with van der Waals surface area (Å²) in [6, 6.07) is 15.8. The summed E-state index contributed by atoms with van der Waals surface area (Å²) < 4.78 is 13.4. The summed E-state index contributed by atoms with van der Waals surface area (Å²) >= 11 is 0. The Labute approximate surface area is 167 Å². The van der Waals surface area contributed by atoms with Gasteiger partial charge in [-0.05, 0) is 62.1 Å². The van der Waals surface area contributed by atoms with Crippen molar-refractivity contribution in [3.8, 4) is 0 Å². The third-order valence-electron chi connectivity index (χ3n) is 6.01. The molecular formula is C24H30FN3. The Morgan fingerprint density at radius 3 is 2.36 bits per heavy atom. The van der Waals surface area contributed by atoms with Crippen LogP contribution in [0.5, 0.6) is 0 Å². The van der Waals surface area contributed by atoms with Gasteiger partial charge in [0.05, 0.1) is 0 Å². The van der Waals surface area contributed by atoms with Gasteiger partial charge in [0.2, 0.25) is 0 Å². The topological polar surface area (TPSA) is 22.3 Å². The van der Waals surface area contributed by atoms with Gasteiger partial charge in [-0.15, -0.1) is 0 Å². The van der Waals surface area contributed by atoms with E-state index in [1.807, 2.05) is 6.07 Å². The fourth-order valence-corrected chi connectivity index (χ4v) is 4.33. The second-order valence-corrected chi connectivity index (χ2v) is 7.94. The molecule has 148 valence electrons. The molecule has 3 nitrogen and oxygen atoms in total. The van der Waals surface area contributed by atoms with Gasteiger partial charge in [0.1, 0.15) is 5.82 Å². The summed E-state index contributed by atoms with van der Waals surface area (Å²) in [5, 5.41) is 1.17. The predicted octanol–water partition coefficient (Wildman–Crippen LogP) is 4.41. The van der Waals surface area contributed by atoms with Crippen LogP contribution in [0.1, 0.15) is 23.2 Å². The van der Waals surface area contributed by atoms with Gasteiger partial charge in [-0.1, -0.05) is 30.3 Å². The first-order chi connectivity index (χ1) is 13.7. The van der Waals surface area contributed by atoms with Crippen LogP contribution in [-0.4, -0.2) is 54.1 Å². The number of nitrogens with zero attached hydrogens (tertiary/aromatic N) is 2. The zero-order valence-electron chi connectivity index (χ0n) is 16.8. The molecular weight excluding hydrogens is 349 g/mol. The lowest BCUT2D eigenvalue weighted by atomic mass is 10.1. The van der Waals surface area contributed by atoms with E-state index in [0.29, 0.717) is 0 Å². The van der Waals surface area contributed by atoms with Crippen molar-refractivity contribution in [2.45, 2.75) is 26.2 Å². The third-order valence-corrected chi connectivity index (χ3v) is 6.01. The molecule has 0 aliphatic carbocycles. The molecule has 1 aliphatic heterocycles. The number of rotatable bonds is 7. The normalized spacial score (nSPS) is 16.1. The van der Waals surface area contributed by atoms with E-state index in [1.165, 1.54) is 22.2 Å². The Morgan fingerprint density at radius 2 is 1.61 bits per heavy atom. The lowest BCUT2D eigenvalue weighted by Gasteiger charge is -2.34. The summed E-state index contributed by atoms with van der Waals surface area (Å²) in [5.41, 5.74) is 4.86. The minimum atomic E-state index is -0.176. The van der Waals surface area contributed by atoms with E-state index < -0.39 is 0 Å². The predicted molar refractivity (Wildman–Crippen MR) is 114 cm³/mol. The maximum atomic E-state index is 13.4. The average molecular weight is 380 g/mol. The van der Waals surface area contributed by atoms with Crippen LogP contribution in [0.4, 0.5) is 4.39 Å². The summed E-state index contributed by atoms with van der Waals surface area (Å²) in [7, 11) is 0. The van der Waals surface area contributed by atoms with Gasteiger partial charge in [0.15, 0.2) is 0 Å². The molecule has 1 saturated heterocycles. The number of aromatic amines is 1. The zero-order chi connectivity index (χ0) is 19.3. The van der Waals surface area contributed by atoms with Crippen molar-refractivity contribution in [3.05, 3.63) is 71.2 Å². The van der Waals surface area contributed by atoms with Gasteiger partial charge < -0.3 is 14.8 Å². The minimum Gasteiger partial charge on any atom is -0.358 e. The maximum absolute atomic E-state index is 13.4. The van der Waals surface area contributed by atoms with Gasteiger partial charge in [-0.25, -0.2) is 4.39 Å². The van der Waals surface area contributed by atoms with E-state index in [1.54, 1.807) is 12.1 Å². The number of hydrogen-bond donors (Lipinski definition) is 1. The van der Waals surface area contributed by atoms with Crippen LogP contribution < -0.4 is 0 Å². The Balaban J connectivity index is 1.21. The number of halogens is 1. The number of aryl methyl sites for hydroxylation is 2. The van der Waals surface area contributed by atoms with Crippen LogP contribution in [0.3, 0.4) is 0 Å². The molecule has 1 N–H and O–H groups in total. The lowest BCUT2D eigenvalue weighted by Crippen LogP contribution is -2.47. The van der Waals surface area contributed by atoms with Crippen LogP contribution in [-0.2, 0) is 12.8 Å². The minimum absolute atomic E-state index is 0.176. The Morgan fingerprint density at radius 1 is 0.893 bits per heavy atom. The molecule has 4 rings (SSSR count). The third kappa shape index (κ3) is 4.62. The van der Waals surface area contributed by atoms with Crippen molar-refractivity contribution in [1.29, 1.82) is 0 Å². The van der Waals surface area contributed by atoms with E-state index in [0.717, 1.165) is 64.0 Å². The van der Waals surface area contributed by atoms with Gasteiger partial charge in [0, 0.05) is 49.3 Å². The molecule has 0 bridgehead atoms. The van der Waals surface area contributed by atoms with Crippen molar-refractivity contribution in [3.63, 3.8) is 0 Å². The standard InChI is InChI=1S/C24H30FN3/c1-19-22(23-10-9-21(25)18-24(23)26-19)8-5-12-27-14-16-28(17-15-27)13-11-20-6-3-2-4-7-20/h2-4,6-7,9-10,18,26H,5,8,11-17H2,1H3. The van der Waals surface area contributed by atoms with E-state index >= 15 is 0 Å². The average Bonchev–Trinajstić information content (AvgIpc) is 3.02. The molecule has 2 heterocycles. The van der Waals surface area contributed by atoms with E-state index in [2.05, 4.69) is 52.0 Å². The molecule has 0 spiro atoms. The van der Waals surface area contributed by atoms with Gasteiger partial charge >= 0.3 is 0 Å². The van der Waals surface area contributed by atoms with Crippen molar-refractivity contribution in [1.82, 2.24) is 14.8 Å². The highest BCUT2D eigenvalue weighted by molar-refractivity contribution is 5.84. The molecule has 4 heteroatoms. The SMILES string of the molecule is Cc1[nH]c2cc(F)ccc2c1CCCN1CCN(CCc2ccccc2)CC1. The summed E-state index contributed by atoms with van der Waals surface area (Å²) in [4.78, 5) is 8.50. The van der Waals surface area contributed by atoms with E-state index in [-0.39, 0.29) is 5.82 Å². The molecule has 0 unspecified atom stereocenters. The highest BCUT2D eigenvalue weighted by Gasteiger charge is 2.17. The number of aromatic nitrogens is 1. The second kappa shape index (κ2) is 8.89. The second-order valence-electron chi connectivity index (χ2n) is 7.94. The van der Waals surface area contributed by atoms with Crippen LogP contribution in [0, 0.1) is 12.7 Å². The van der Waals surface area contributed by atoms with Crippen molar-refractivity contribution in [2.24, 2.45) is 0 Å². The van der Waals surface area contributed by atoms with Crippen molar-refractivity contribution in [2.75, 3.05) is 39.3 Å². The Bertz CT molecular complexity index is 895. The molecule has 0 radical (unpaired) electrons. The molecule has 2 aromatic carbocycles. The van der Waals surface area contributed by atoms with Gasteiger partial charge in [-0.2, -0.15) is 0 Å². The maximum Gasteiger partial charge on any atom is 0.125 e. The number of benzene rings is 2. The number of nitrogens with one attached hydrogen (secondary N) is 1. The fourth-order valence-electron chi connectivity index (χ4n) is 4.33. The monoisotopic (exact) mass is 379 g/mol. The molecule has 0 amide bonds. The lowest BCUT2D eigenvalue weighted by molar-refractivity contribution is 0.132. The summed E-state index contributed by atoms with van der Waals surface area (Å²) in [5.74, 6) is -0.176. The number of H-pyrrole nitrogens is 1. The molecule has 0 atom stereocenters. The molecule has 1 fully saturated rings. The van der Waals surface area contributed by atoms with E-state index in [4.69, 9.17) is 0 Å². The first-order valence-electron chi connectivity index (χ1n) is 10.4. The van der Waals surface area contributed by atoms with Crippen molar-refractivity contribution < 1.29 is 4.39 Å². The van der Waals surface area contributed by atoms with Crippen LogP contribution in [0.25, 0.3) is 10.9 Å². The number of hydrogen-bond acceptors (Lipinski definition) is 2. The fraction of sp³-hybridized carbons (Fsp3) is 0.417. The molecule has 28 heavy (non-hydrogen) atoms. The van der Waals surface area contributed by atoms with E-state index in [9.17, 15) is 4.39 Å². The summed E-state index contributed by atoms with van der Waals surface area (Å²) in [6.45, 7) is 9.04. The van der Waals surface area contributed by atoms with Gasteiger partial charge in [-0.3, -0.25) is 0 Å². The molecule has 0 saturated carbocycles. The first kappa shape index (κ1) is 19.2. The smallest absolute Gasteiger partial charge is 0.125 e. The molecule has 1 aromatic heterocycles. The summed E-state index contributed by atoms with van der Waals surface area (Å²) in [6.07, 6.45) is 3.34. The van der Waals surface area contributed by atoms with Crippen LogP contribution >= 0.6 is 0 Å². The zero-order valence-corrected chi connectivity index (χ0v) is 16.8. The van der Waals surface area contributed by atoms with Crippen molar-refractivity contribution >= 4 is 10.9 Å².